The van der Waals surface area contributed by atoms with Crippen LogP contribution in [-0.4, -0.2) is 5.84 Å². The maximum atomic E-state index is 7.41. The van der Waals surface area contributed by atoms with Gasteiger partial charge in [0.05, 0.1) is 15.1 Å². The van der Waals surface area contributed by atoms with Gasteiger partial charge in [0.15, 0.2) is 0 Å². The molecule has 6 heteroatoms. The van der Waals surface area contributed by atoms with Gasteiger partial charge in [0.1, 0.15) is 18.2 Å². The zero-order chi connectivity index (χ0) is 15.6. The van der Waals surface area contributed by atoms with Gasteiger partial charge in [-0.25, -0.2) is 0 Å². The summed E-state index contributed by atoms with van der Waals surface area (Å²) in [6.07, 6.45) is 0. The molecule has 0 atom stereocenters. The molecule has 3 N–H and O–H groups in total. The van der Waals surface area contributed by atoms with Gasteiger partial charge < -0.3 is 10.5 Å². The third-order valence-corrected chi connectivity index (χ3v) is 4.03. The number of nitrogen functional groups attached to an aromatic ring is 1. The molecule has 0 aliphatic rings. The molecule has 0 aliphatic heterocycles. The molecule has 0 saturated heterocycles. The minimum atomic E-state index is 0.0399. The zero-order valence-corrected chi connectivity index (χ0v) is 13.5. The van der Waals surface area contributed by atoms with Crippen molar-refractivity contribution in [1.29, 1.82) is 5.41 Å². The second-order valence-corrected chi connectivity index (χ2v) is 5.76. The predicted molar refractivity (Wildman–Crippen MR) is 88.0 cm³/mol. The van der Waals surface area contributed by atoms with Crippen molar-refractivity contribution in [2.75, 3.05) is 0 Å². The van der Waals surface area contributed by atoms with Crippen molar-refractivity contribution >= 4 is 40.6 Å². The largest absolute Gasteiger partial charge is 0.487 e. The van der Waals surface area contributed by atoms with Crippen molar-refractivity contribution in [3.8, 4) is 5.75 Å². The van der Waals surface area contributed by atoms with Gasteiger partial charge in [-0.15, -0.1) is 0 Å². The molecule has 0 bridgehead atoms. The highest BCUT2D eigenvalue weighted by Crippen LogP contribution is 2.34. The van der Waals surface area contributed by atoms with Gasteiger partial charge in [0.25, 0.3) is 0 Å². The summed E-state index contributed by atoms with van der Waals surface area (Å²) in [5.41, 5.74) is 8.10. The van der Waals surface area contributed by atoms with Gasteiger partial charge in [-0.3, -0.25) is 5.41 Å². The Labute approximate surface area is 138 Å². The topological polar surface area (TPSA) is 59.1 Å². The van der Waals surface area contributed by atoms with Crippen molar-refractivity contribution in [2.24, 2.45) is 5.73 Å². The second-order valence-electron chi connectivity index (χ2n) is 4.54. The van der Waals surface area contributed by atoms with Crippen LogP contribution in [0.5, 0.6) is 5.75 Å². The van der Waals surface area contributed by atoms with E-state index in [1.165, 1.54) is 0 Å². The Balaban J connectivity index is 2.17. The van der Waals surface area contributed by atoms with E-state index in [0.29, 0.717) is 33.0 Å². The number of halogens is 3. The maximum absolute atomic E-state index is 7.41. The van der Waals surface area contributed by atoms with Crippen LogP contribution in [0.2, 0.25) is 15.1 Å². The monoisotopic (exact) mass is 342 g/mol. The summed E-state index contributed by atoms with van der Waals surface area (Å²) in [7, 11) is 0. The highest BCUT2D eigenvalue weighted by molar-refractivity contribution is 6.43. The molecule has 0 amide bonds. The van der Waals surface area contributed by atoms with E-state index in [1.54, 1.807) is 18.2 Å². The summed E-state index contributed by atoms with van der Waals surface area (Å²) in [5, 5.41) is 8.59. The molecule has 2 rings (SSSR count). The number of benzene rings is 2. The van der Waals surface area contributed by atoms with Gasteiger partial charge in [-0.05, 0) is 30.2 Å². The van der Waals surface area contributed by atoms with Crippen LogP contribution in [0.4, 0.5) is 0 Å². The van der Waals surface area contributed by atoms with Crippen molar-refractivity contribution in [3.63, 3.8) is 0 Å². The molecule has 0 aromatic heterocycles. The van der Waals surface area contributed by atoms with E-state index in [0.717, 1.165) is 11.1 Å². The lowest BCUT2D eigenvalue weighted by Crippen LogP contribution is -2.11. The Morgan fingerprint density at radius 2 is 1.76 bits per heavy atom. The van der Waals surface area contributed by atoms with Crippen molar-refractivity contribution in [2.45, 2.75) is 13.5 Å². The van der Waals surface area contributed by atoms with Crippen LogP contribution in [0.3, 0.4) is 0 Å². The van der Waals surface area contributed by atoms with E-state index in [1.807, 2.05) is 19.1 Å². The van der Waals surface area contributed by atoms with Crippen LogP contribution >= 0.6 is 34.8 Å². The number of rotatable bonds is 4. The van der Waals surface area contributed by atoms with Gasteiger partial charge in [-0.1, -0.05) is 46.9 Å². The number of aryl methyl sites for hydroxylation is 1. The Morgan fingerprint density at radius 3 is 2.38 bits per heavy atom. The number of amidine groups is 1. The number of nitrogens with two attached hydrogens (primary N) is 1. The average molecular weight is 344 g/mol. The Hall–Kier alpha value is -1.42. The lowest BCUT2D eigenvalue weighted by molar-refractivity contribution is 0.305. The molecule has 2 aromatic carbocycles. The van der Waals surface area contributed by atoms with Gasteiger partial charge in [0.2, 0.25) is 0 Å². The molecule has 0 saturated carbocycles. The molecular weight excluding hydrogens is 331 g/mol. The first-order valence-electron chi connectivity index (χ1n) is 6.09. The molecule has 0 spiro atoms. The van der Waals surface area contributed by atoms with E-state index in [9.17, 15) is 0 Å². The summed E-state index contributed by atoms with van der Waals surface area (Å²) >= 11 is 17.9. The highest BCUT2D eigenvalue weighted by Gasteiger charge is 2.09. The molecule has 0 fully saturated rings. The summed E-state index contributed by atoms with van der Waals surface area (Å²) in [4.78, 5) is 0. The normalized spacial score (nSPS) is 10.5. The number of nitrogens with one attached hydrogen (secondary N) is 1. The van der Waals surface area contributed by atoms with Crippen LogP contribution in [0.1, 0.15) is 16.7 Å². The third-order valence-electron chi connectivity index (χ3n) is 3.01. The van der Waals surface area contributed by atoms with Gasteiger partial charge >= 0.3 is 0 Å². The molecule has 110 valence electrons. The van der Waals surface area contributed by atoms with Crippen molar-refractivity contribution in [3.05, 3.63) is 62.1 Å². The molecule has 0 radical (unpaired) electrons. The zero-order valence-electron chi connectivity index (χ0n) is 11.2. The van der Waals surface area contributed by atoms with Crippen LogP contribution in [0.25, 0.3) is 0 Å². The highest BCUT2D eigenvalue weighted by atomic mass is 35.5. The molecule has 0 aliphatic carbocycles. The van der Waals surface area contributed by atoms with E-state index < -0.39 is 0 Å². The number of hydrogen-bond donors (Lipinski definition) is 2. The lowest BCUT2D eigenvalue weighted by atomic mass is 10.1. The second kappa shape index (κ2) is 6.56. The summed E-state index contributed by atoms with van der Waals surface area (Å²) < 4.78 is 5.68. The minimum Gasteiger partial charge on any atom is -0.487 e. The predicted octanol–water partition coefficient (Wildman–Crippen LogP) is 4.82. The fraction of sp³-hybridized carbons (Fsp3) is 0.133. The van der Waals surface area contributed by atoms with Gasteiger partial charge in [-0.2, -0.15) is 0 Å². The van der Waals surface area contributed by atoms with Crippen molar-refractivity contribution in [1.82, 2.24) is 0 Å². The standard InChI is InChI=1S/C15H13Cl3N2O/c1-8-4-9(15(19)20)2-3-10(8)7-21-14-6-12(17)11(16)5-13(14)18/h2-6H,7H2,1H3,(H3,19,20). The molecule has 21 heavy (non-hydrogen) atoms. The van der Waals surface area contributed by atoms with E-state index in [-0.39, 0.29) is 5.84 Å². The smallest absolute Gasteiger partial charge is 0.139 e. The summed E-state index contributed by atoms with van der Waals surface area (Å²) in [6, 6.07) is 8.64. The first-order valence-corrected chi connectivity index (χ1v) is 7.23. The van der Waals surface area contributed by atoms with E-state index >= 15 is 0 Å². The molecule has 0 unspecified atom stereocenters. The Morgan fingerprint density at radius 1 is 1.10 bits per heavy atom. The van der Waals surface area contributed by atoms with E-state index in [2.05, 4.69) is 0 Å². The Kier molecular flexibility index (Phi) is 4.99. The molecular formula is C15H13Cl3N2O. The molecule has 2 aromatic rings. The lowest BCUT2D eigenvalue weighted by Gasteiger charge is -2.12. The molecule has 3 nitrogen and oxygen atoms in total. The average Bonchev–Trinajstić information content (AvgIpc) is 2.42. The number of hydrogen-bond acceptors (Lipinski definition) is 2. The SMILES string of the molecule is Cc1cc(C(=N)N)ccc1COc1cc(Cl)c(Cl)cc1Cl. The summed E-state index contributed by atoms with van der Waals surface area (Å²) in [6.45, 7) is 2.27. The first-order chi connectivity index (χ1) is 9.88. The third kappa shape index (κ3) is 3.82. The molecule has 0 heterocycles. The fourth-order valence-corrected chi connectivity index (χ4v) is 2.39. The van der Waals surface area contributed by atoms with Crippen LogP contribution in [0, 0.1) is 12.3 Å². The fourth-order valence-electron chi connectivity index (χ4n) is 1.80. The van der Waals surface area contributed by atoms with Crippen LogP contribution in [-0.2, 0) is 6.61 Å². The van der Waals surface area contributed by atoms with E-state index in [4.69, 9.17) is 50.7 Å². The van der Waals surface area contributed by atoms with Gasteiger partial charge in [0, 0.05) is 11.6 Å². The first kappa shape index (κ1) is 16.0. The quantitative estimate of drug-likeness (QED) is 0.475. The minimum absolute atomic E-state index is 0.0399. The number of ether oxygens (including phenoxy) is 1. The maximum Gasteiger partial charge on any atom is 0.139 e. The van der Waals surface area contributed by atoms with Crippen LogP contribution < -0.4 is 10.5 Å². The van der Waals surface area contributed by atoms with Crippen molar-refractivity contribution < 1.29 is 4.74 Å². The summed E-state index contributed by atoms with van der Waals surface area (Å²) in [5.74, 6) is 0.513. The Bertz CT molecular complexity index is 702. The van der Waals surface area contributed by atoms with Crippen LogP contribution in [0.15, 0.2) is 30.3 Å².